The van der Waals surface area contributed by atoms with Gasteiger partial charge in [0.2, 0.25) is 0 Å². The predicted molar refractivity (Wildman–Crippen MR) is 75.3 cm³/mol. The van der Waals surface area contributed by atoms with Crippen LogP contribution in [-0.4, -0.2) is 17.6 Å². The first-order valence-electron chi connectivity index (χ1n) is 6.28. The number of nitrogens with one attached hydrogen (secondary N) is 1. The molecule has 19 heavy (non-hydrogen) atoms. The Bertz CT molecular complexity index is 561. The van der Waals surface area contributed by atoms with Crippen LogP contribution in [-0.2, 0) is 6.42 Å². The number of amides is 1. The number of carbonyl (C=O) groups is 1. The van der Waals surface area contributed by atoms with Gasteiger partial charge in [-0.1, -0.05) is 24.3 Å². The standard InChI is InChI=1S/C16H17NO2/c1-12-4-2-3-5-13(12)10-11-17-16(19)14-6-8-15(18)9-7-14/h2-9,18H,10-11H2,1H3,(H,17,19). The molecule has 98 valence electrons. The number of carbonyl (C=O) groups excluding carboxylic acids is 1. The lowest BCUT2D eigenvalue weighted by Gasteiger charge is -2.07. The van der Waals surface area contributed by atoms with Gasteiger partial charge in [0, 0.05) is 12.1 Å². The average molecular weight is 255 g/mol. The highest BCUT2D eigenvalue weighted by Crippen LogP contribution is 2.10. The van der Waals surface area contributed by atoms with Crippen molar-refractivity contribution < 1.29 is 9.90 Å². The number of benzene rings is 2. The summed E-state index contributed by atoms with van der Waals surface area (Å²) < 4.78 is 0. The maximum absolute atomic E-state index is 11.8. The third-order valence-corrected chi connectivity index (χ3v) is 3.07. The summed E-state index contributed by atoms with van der Waals surface area (Å²) in [6.45, 7) is 2.67. The van der Waals surface area contributed by atoms with E-state index >= 15 is 0 Å². The zero-order chi connectivity index (χ0) is 13.7. The second-order valence-electron chi connectivity index (χ2n) is 4.48. The average Bonchev–Trinajstić information content (AvgIpc) is 2.41. The normalized spacial score (nSPS) is 10.2. The molecule has 3 heteroatoms. The van der Waals surface area contributed by atoms with Gasteiger partial charge in [-0.15, -0.1) is 0 Å². The minimum atomic E-state index is -0.117. The molecule has 0 saturated carbocycles. The molecule has 2 rings (SSSR count). The van der Waals surface area contributed by atoms with Crippen molar-refractivity contribution in [3.8, 4) is 5.75 Å². The molecule has 0 aliphatic rings. The van der Waals surface area contributed by atoms with Gasteiger partial charge in [-0.3, -0.25) is 4.79 Å². The summed E-state index contributed by atoms with van der Waals surface area (Å²) in [5.41, 5.74) is 3.04. The van der Waals surface area contributed by atoms with Gasteiger partial charge < -0.3 is 10.4 Å². The number of phenolic OH excluding ortho intramolecular Hbond substituents is 1. The molecule has 0 aromatic heterocycles. The van der Waals surface area contributed by atoms with Crippen LogP contribution in [0, 0.1) is 6.92 Å². The number of phenols is 1. The van der Waals surface area contributed by atoms with Gasteiger partial charge in [0.05, 0.1) is 0 Å². The number of hydrogen-bond donors (Lipinski definition) is 2. The molecule has 0 aliphatic carbocycles. The minimum absolute atomic E-state index is 0.117. The van der Waals surface area contributed by atoms with Crippen molar-refractivity contribution in [1.29, 1.82) is 0 Å². The number of aryl methyl sites for hydroxylation is 1. The van der Waals surface area contributed by atoms with Crippen molar-refractivity contribution in [3.63, 3.8) is 0 Å². The smallest absolute Gasteiger partial charge is 0.251 e. The van der Waals surface area contributed by atoms with Crippen LogP contribution in [0.5, 0.6) is 5.75 Å². The molecule has 0 heterocycles. The lowest BCUT2D eigenvalue weighted by molar-refractivity contribution is 0.0954. The Balaban J connectivity index is 1.88. The Hall–Kier alpha value is -2.29. The van der Waals surface area contributed by atoms with Gasteiger partial charge in [0.15, 0.2) is 0 Å². The van der Waals surface area contributed by atoms with Crippen LogP contribution in [0.15, 0.2) is 48.5 Å². The summed E-state index contributed by atoms with van der Waals surface area (Å²) in [5.74, 6) is 0.0463. The molecule has 1 amide bonds. The molecule has 0 spiro atoms. The number of rotatable bonds is 4. The van der Waals surface area contributed by atoms with Crippen LogP contribution in [0.25, 0.3) is 0 Å². The van der Waals surface area contributed by atoms with E-state index in [2.05, 4.69) is 24.4 Å². The fraction of sp³-hybridized carbons (Fsp3) is 0.188. The monoisotopic (exact) mass is 255 g/mol. The zero-order valence-electron chi connectivity index (χ0n) is 10.9. The molecular formula is C16H17NO2. The van der Waals surface area contributed by atoms with E-state index in [0.29, 0.717) is 12.1 Å². The van der Waals surface area contributed by atoms with Crippen LogP contribution in [0.3, 0.4) is 0 Å². The summed E-state index contributed by atoms with van der Waals surface area (Å²) >= 11 is 0. The van der Waals surface area contributed by atoms with E-state index in [-0.39, 0.29) is 11.7 Å². The molecule has 3 nitrogen and oxygen atoms in total. The van der Waals surface area contributed by atoms with Gasteiger partial charge in [0.25, 0.3) is 5.91 Å². The molecule has 0 radical (unpaired) electrons. The largest absolute Gasteiger partial charge is 0.508 e. The maximum atomic E-state index is 11.8. The highest BCUT2D eigenvalue weighted by molar-refractivity contribution is 5.94. The van der Waals surface area contributed by atoms with E-state index in [9.17, 15) is 4.79 Å². The third-order valence-electron chi connectivity index (χ3n) is 3.07. The van der Waals surface area contributed by atoms with Gasteiger partial charge in [-0.25, -0.2) is 0 Å². The highest BCUT2D eigenvalue weighted by Gasteiger charge is 2.05. The third kappa shape index (κ3) is 3.58. The van der Waals surface area contributed by atoms with Crippen LogP contribution in [0.1, 0.15) is 21.5 Å². The summed E-state index contributed by atoms with van der Waals surface area (Å²) in [6.07, 6.45) is 0.816. The van der Waals surface area contributed by atoms with Crippen molar-refractivity contribution in [2.75, 3.05) is 6.54 Å². The van der Waals surface area contributed by atoms with E-state index in [1.807, 2.05) is 12.1 Å². The van der Waals surface area contributed by atoms with E-state index in [1.165, 1.54) is 23.3 Å². The minimum Gasteiger partial charge on any atom is -0.508 e. The molecular weight excluding hydrogens is 238 g/mol. The second kappa shape index (κ2) is 6.05. The van der Waals surface area contributed by atoms with E-state index < -0.39 is 0 Å². The van der Waals surface area contributed by atoms with Crippen LogP contribution in [0.2, 0.25) is 0 Å². The quantitative estimate of drug-likeness (QED) is 0.882. The summed E-state index contributed by atoms with van der Waals surface area (Å²) in [5, 5.41) is 12.0. The molecule has 0 unspecified atom stereocenters. The Morgan fingerprint density at radius 2 is 1.79 bits per heavy atom. The molecule has 0 aliphatic heterocycles. The first kappa shape index (κ1) is 13.1. The van der Waals surface area contributed by atoms with Crippen molar-refractivity contribution in [2.45, 2.75) is 13.3 Å². The van der Waals surface area contributed by atoms with Gasteiger partial charge in [0.1, 0.15) is 5.75 Å². The molecule has 2 N–H and O–H groups in total. The molecule has 0 saturated heterocycles. The fourth-order valence-corrected chi connectivity index (χ4v) is 1.92. The summed E-state index contributed by atoms with van der Waals surface area (Å²) in [4.78, 5) is 11.8. The first-order valence-corrected chi connectivity index (χ1v) is 6.28. The van der Waals surface area contributed by atoms with Crippen molar-refractivity contribution >= 4 is 5.91 Å². The van der Waals surface area contributed by atoms with Crippen LogP contribution in [0.4, 0.5) is 0 Å². The van der Waals surface area contributed by atoms with Crippen LogP contribution < -0.4 is 5.32 Å². The summed E-state index contributed by atoms with van der Waals surface area (Å²) in [6, 6.07) is 14.4. The molecule has 0 atom stereocenters. The Morgan fingerprint density at radius 3 is 2.47 bits per heavy atom. The SMILES string of the molecule is Cc1ccccc1CCNC(=O)c1ccc(O)cc1. The topological polar surface area (TPSA) is 49.3 Å². The van der Waals surface area contributed by atoms with Crippen LogP contribution >= 0.6 is 0 Å². The number of aromatic hydroxyl groups is 1. The van der Waals surface area contributed by atoms with Crippen molar-refractivity contribution in [1.82, 2.24) is 5.32 Å². The fourth-order valence-electron chi connectivity index (χ4n) is 1.92. The molecule has 0 bridgehead atoms. The van der Waals surface area contributed by atoms with Gasteiger partial charge in [-0.05, 0) is 48.7 Å². The first-order chi connectivity index (χ1) is 9.16. The summed E-state index contributed by atoms with van der Waals surface area (Å²) in [7, 11) is 0. The Morgan fingerprint density at radius 1 is 1.11 bits per heavy atom. The van der Waals surface area contributed by atoms with Crippen molar-refractivity contribution in [2.24, 2.45) is 0 Å². The molecule has 2 aromatic rings. The predicted octanol–water partition coefficient (Wildman–Crippen LogP) is 2.67. The lowest BCUT2D eigenvalue weighted by atomic mass is 10.1. The van der Waals surface area contributed by atoms with Gasteiger partial charge >= 0.3 is 0 Å². The molecule has 0 fully saturated rings. The van der Waals surface area contributed by atoms with E-state index in [4.69, 9.17) is 5.11 Å². The Labute approximate surface area is 112 Å². The Kier molecular flexibility index (Phi) is 4.18. The van der Waals surface area contributed by atoms with E-state index in [0.717, 1.165) is 6.42 Å². The maximum Gasteiger partial charge on any atom is 0.251 e. The zero-order valence-corrected chi connectivity index (χ0v) is 10.9. The van der Waals surface area contributed by atoms with Gasteiger partial charge in [-0.2, -0.15) is 0 Å². The highest BCUT2D eigenvalue weighted by atomic mass is 16.3. The molecule has 2 aromatic carbocycles. The lowest BCUT2D eigenvalue weighted by Crippen LogP contribution is -2.25. The van der Waals surface area contributed by atoms with E-state index in [1.54, 1.807) is 12.1 Å². The second-order valence-corrected chi connectivity index (χ2v) is 4.48. The number of hydrogen-bond acceptors (Lipinski definition) is 2. The van der Waals surface area contributed by atoms with Crippen molar-refractivity contribution in [3.05, 3.63) is 65.2 Å².